The highest BCUT2D eigenvalue weighted by Gasteiger charge is 2.19. The molecule has 6 nitrogen and oxygen atoms in total. The molecule has 0 fully saturated rings. The number of unbranched alkanes of at least 4 members (excludes halogenated alkanes) is 51. The molecule has 0 N–H and O–H groups in total. The molecule has 0 aliphatic carbocycles. The largest absolute Gasteiger partial charge is 0.462 e. The summed E-state index contributed by atoms with van der Waals surface area (Å²) in [6.07, 6.45) is 87.5. The van der Waals surface area contributed by atoms with Crippen LogP contribution in [0.25, 0.3) is 0 Å². The number of ether oxygens (including phenoxy) is 3. The van der Waals surface area contributed by atoms with Gasteiger partial charge in [-0.05, 0) is 77.0 Å². The zero-order chi connectivity index (χ0) is 58.5. The molecule has 0 amide bonds. The Morgan fingerprint density at radius 2 is 0.444 bits per heavy atom. The van der Waals surface area contributed by atoms with Crippen LogP contribution in [0.5, 0.6) is 0 Å². The molecular formula is C75H140O6. The number of carbonyl (C=O) groups is 3. The van der Waals surface area contributed by atoms with Crippen LogP contribution in [0.1, 0.15) is 406 Å². The van der Waals surface area contributed by atoms with Crippen molar-refractivity contribution in [2.45, 2.75) is 412 Å². The van der Waals surface area contributed by atoms with Crippen LogP contribution < -0.4 is 0 Å². The summed E-state index contributed by atoms with van der Waals surface area (Å²) in [5.74, 6) is -0.841. The van der Waals surface area contributed by atoms with Crippen molar-refractivity contribution < 1.29 is 28.6 Å². The lowest BCUT2D eigenvalue weighted by molar-refractivity contribution is -0.167. The Kier molecular flexibility index (Phi) is 68.1. The molecule has 1 unspecified atom stereocenters. The third-order valence-electron chi connectivity index (χ3n) is 16.6. The monoisotopic (exact) mass is 1140 g/mol. The summed E-state index contributed by atoms with van der Waals surface area (Å²) < 4.78 is 17.0. The van der Waals surface area contributed by atoms with E-state index in [0.29, 0.717) is 19.3 Å². The summed E-state index contributed by atoms with van der Waals surface area (Å²) >= 11 is 0. The standard InChI is InChI=1S/C75H140O6/c1-4-7-10-13-16-19-22-25-28-30-32-34-35-36-37-38-39-41-42-44-47-50-53-56-59-62-65-68-74(77)80-71-72(70-79-73(76)67-64-61-58-55-52-49-46-27-24-21-18-15-12-9-6-3)81-75(78)69-66-63-60-57-54-51-48-45-43-40-33-31-29-26-23-20-17-14-11-8-5-2/h23,26,30-33,72H,4-22,24-25,27-29,34-71H2,1-3H3/b26-23-,32-30-,33-31-. The third kappa shape index (κ3) is 68.3. The molecule has 0 saturated heterocycles. The number of hydrogen-bond donors (Lipinski definition) is 0. The van der Waals surface area contributed by atoms with Crippen LogP contribution in [0.15, 0.2) is 36.5 Å². The Balaban J connectivity index is 4.25. The first kappa shape index (κ1) is 78.6. The van der Waals surface area contributed by atoms with Gasteiger partial charge in [0.25, 0.3) is 0 Å². The normalized spacial score (nSPS) is 12.2. The average molecular weight is 1140 g/mol. The molecule has 0 aromatic rings. The number of hydrogen-bond acceptors (Lipinski definition) is 6. The molecular weight excluding hydrogens is 997 g/mol. The molecule has 1 atom stereocenters. The van der Waals surface area contributed by atoms with E-state index in [1.54, 1.807) is 0 Å². The van der Waals surface area contributed by atoms with Gasteiger partial charge in [0.05, 0.1) is 0 Å². The van der Waals surface area contributed by atoms with Gasteiger partial charge >= 0.3 is 17.9 Å². The molecule has 476 valence electrons. The summed E-state index contributed by atoms with van der Waals surface area (Å²) in [6.45, 7) is 6.71. The molecule has 0 aromatic carbocycles. The van der Waals surface area contributed by atoms with Gasteiger partial charge in [0.15, 0.2) is 6.10 Å². The number of carbonyl (C=O) groups excluding carboxylic acids is 3. The van der Waals surface area contributed by atoms with Crippen LogP contribution in [0.2, 0.25) is 0 Å². The van der Waals surface area contributed by atoms with E-state index < -0.39 is 6.10 Å². The minimum Gasteiger partial charge on any atom is -0.462 e. The van der Waals surface area contributed by atoms with E-state index in [1.807, 2.05) is 0 Å². The van der Waals surface area contributed by atoms with Crippen molar-refractivity contribution in [1.82, 2.24) is 0 Å². The molecule has 0 aliphatic heterocycles. The Bertz CT molecular complexity index is 1350. The molecule has 0 bridgehead atoms. The second-order valence-corrected chi connectivity index (χ2v) is 24.9. The first-order valence-corrected chi connectivity index (χ1v) is 36.5. The fraction of sp³-hybridized carbons (Fsp3) is 0.880. The maximum absolute atomic E-state index is 13.0. The molecule has 0 rings (SSSR count). The summed E-state index contributed by atoms with van der Waals surface area (Å²) in [5, 5.41) is 0. The van der Waals surface area contributed by atoms with Crippen LogP contribution in [-0.2, 0) is 28.6 Å². The third-order valence-corrected chi connectivity index (χ3v) is 16.6. The topological polar surface area (TPSA) is 78.9 Å². The lowest BCUT2D eigenvalue weighted by Gasteiger charge is -2.18. The van der Waals surface area contributed by atoms with Crippen molar-refractivity contribution in [2.75, 3.05) is 13.2 Å². The first-order valence-electron chi connectivity index (χ1n) is 36.5. The predicted octanol–water partition coefficient (Wildman–Crippen LogP) is 25.1. The molecule has 0 radical (unpaired) electrons. The van der Waals surface area contributed by atoms with E-state index in [1.165, 1.54) is 302 Å². The Morgan fingerprint density at radius 1 is 0.247 bits per heavy atom. The first-order chi connectivity index (χ1) is 40.0. The van der Waals surface area contributed by atoms with Gasteiger partial charge in [-0.25, -0.2) is 0 Å². The second kappa shape index (κ2) is 70.1. The number of allylic oxidation sites excluding steroid dienone is 6. The number of rotatable bonds is 68. The summed E-state index contributed by atoms with van der Waals surface area (Å²) in [7, 11) is 0. The zero-order valence-electron chi connectivity index (χ0n) is 54.8. The van der Waals surface area contributed by atoms with Gasteiger partial charge in [-0.3, -0.25) is 14.4 Å². The maximum Gasteiger partial charge on any atom is 0.306 e. The fourth-order valence-electron chi connectivity index (χ4n) is 11.1. The molecule has 0 aliphatic rings. The molecule has 0 saturated carbocycles. The van der Waals surface area contributed by atoms with Gasteiger partial charge in [0.1, 0.15) is 13.2 Å². The van der Waals surface area contributed by atoms with Crippen molar-refractivity contribution in [3.05, 3.63) is 36.5 Å². The quantitative estimate of drug-likeness (QED) is 0.0261. The van der Waals surface area contributed by atoms with Crippen LogP contribution in [0.4, 0.5) is 0 Å². The van der Waals surface area contributed by atoms with Crippen molar-refractivity contribution in [3.63, 3.8) is 0 Å². The summed E-state index contributed by atoms with van der Waals surface area (Å²) in [4.78, 5) is 38.5. The van der Waals surface area contributed by atoms with E-state index in [2.05, 4.69) is 57.2 Å². The molecule has 0 heterocycles. The molecule has 0 aromatic heterocycles. The van der Waals surface area contributed by atoms with E-state index in [9.17, 15) is 14.4 Å². The minimum absolute atomic E-state index is 0.0682. The van der Waals surface area contributed by atoms with Gasteiger partial charge in [0.2, 0.25) is 0 Å². The SMILES string of the molecule is CCCCCCC/C=C\C/C=C\CCCCCCCCCCCC(=O)OC(COC(=O)CCCCCCCCCCCCCCCCC)COC(=O)CCCCCCCCCCCCCCCCC/C=C\CCCCCCCCCC. The Morgan fingerprint density at radius 3 is 0.691 bits per heavy atom. The van der Waals surface area contributed by atoms with Crippen LogP contribution in [0.3, 0.4) is 0 Å². The van der Waals surface area contributed by atoms with Gasteiger partial charge in [-0.2, -0.15) is 0 Å². The van der Waals surface area contributed by atoms with Gasteiger partial charge in [-0.1, -0.05) is 346 Å². The van der Waals surface area contributed by atoms with Crippen molar-refractivity contribution in [2.24, 2.45) is 0 Å². The Labute approximate surface area is 506 Å². The van der Waals surface area contributed by atoms with E-state index >= 15 is 0 Å². The predicted molar refractivity (Wildman–Crippen MR) is 353 cm³/mol. The number of esters is 3. The van der Waals surface area contributed by atoms with Crippen molar-refractivity contribution >= 4 is 17.9 Å². The average Bonchev–Trinajstić information content (AvgIpc) is 3.47. The van der Waals surface area contributed by atoms with Crippen LogP contribution >= 0.6 is 0 Å². The summed E-state index contributed by atoms with van der Waals surface area (Å²) in [6, 6.07) is 0. The fourth-order valence-corrected chi connectivity index (χ4v) is 11.1. The highest BCUT2D eigenvalue weighted by molar-refractivity contribution is 5.71. The maximum atomic E-state index is 13.0. The van der Waals surface area contributed by atoms with Gasteiger partial charge < -0.3 is 14.2 Å². The minimum atomic E-state index is -0.773. The highest BCUT2D eigenvalue weighted by atomic mass is 16.6. The van der Waals surface area contributed by atoms with Gasteiger partial charge in [0, 0.05) is 19.3 Å². The molecule has 6 heteroatoms. The lowest BCUT2D eigenvalue weighted by atomic mass is 10.0. The van der Waals surface area contributed by atoms with Crippen LogP contribution in [-0.4, -0.2) is 37.2 Å². The Hall–Kier alpha value is -2.37. The zero-order valence-corrected chi connectivity index (χ0v) is 54.8. The van der Waals surface area contributed by atoms with Crippen molar-refractivity contribution in [3.8, 4) is 0 Å². The van der Waals surface area contributed by atoms with Crippen LogP contribution in [0, 0.1) is 0 Å². The highest BCUT2D eigenvalue weighted by Crippen LogP contribution is 2.18. The van der Waals surface area contributed by atoms with Crippen molar-refractivity contribution in [1.29, 1.82) is 0 Å². The van der Waals surface area contributed by atoms with Gasteiger partial charge in [-0.15, -0.1) is 0 Å². The summed E-state index contributed by atoms with van der Waals surface area (Å²) in [5.41, 5.74) is 0. The molecule has 81 heavy (non-hydrogen) atoms. The van der Waals surface area contributed by atoms with E-state index in [-0.39, 0.29) is 31.1 Å². The second-order valence-electron chi connectivity index (χ2n) is 24.9. The smallest absolute Gasteiger partial charge is 0.306 e. The lowest BCUT2D eigenvalue weighted by Crippen LogP contribution is -2.30. The molecule has 0 spiro atoms. The van der Waals surface area contributed by atoms with E-state index in [4.69, 9.17) is 14.2 Å². The van der Waals surface area contributed by atoms with E-state index in [0.717, 1.165) is 64.2 Å².